The number of hydrogen-bond acceptors (Lipinski definition) is 6. The molecule has 210 valence electrons. The number of halogens is 1. The number of morpholine rings is 1. The maximum atomic E-state index is 13.9. The standard InChI is InChI=1S/C29H38FN5O4/c1-29(2,3)31-28(37)34(14-13-33-15-17-39-18-16-33)20-27(36)35-25(23-7-5-6-8-26(23)38-4)19-24(32-35)21-9-11-22(30)12-10-21/h5-12,25H,13-20H2,1-4H3,(H,31,37). The first-order chi connectivity index (χ1) is 18.6. The molecule has 1 N–H and O–H groups in total. The van der Waals surface area contributed by atoms with Gasteiger partial charge in [-0.1, -0.05) is 30.3 Å². The lowest BCUT2D eigenvalue weighted by Gasteiger charge is -2.33. The fourth-order valence-corrected chi connectivity index (χ4v) is 4.72. The number of hydrazone groups is 1. The van der Waals surface area contributed by atoms with Crippen molar-refractivity contribution in [1.82, 2.24) is 20.1 Å². The number of carbonyl (C=O) groups is 2. The summed E-state index contributed by atoms with van der Waals surface area (Å²) in [5.74, 6) is -0.00751. The summed E-state index contributed by atoms with van der Waals surface area (Å²) in [5, 5.41) is 9.13. The summed E-state index contributed by atoms with van der Waals surface area (Å²) < 4.78 is 24.6. The van der Waals surface area contributed by atoms with Crippen molar-refractivity contribution in [2.75, 3.05) is 53.0 Å². The van der Waals surface area contributed by atoms with Crippen LogP contribution >= 0.6 is 0 Å². The van der Waals surface area contributed by atoms with Gasteiger partial charge in [-0.05, 0) is 44.5 Å². The van der Waals surface area contributed by atoms with Crippen LogP contribution in [-0.4, -0.2) is 91.0 Å². The van der Waals surface area contributed by atoms with Crippen LogP contribution in [-0.2, 0) is 9.53 Å². The minimum atomic E-state index is -0.459. The zero-order chi connectivity index (χ0) is 28.0. The second kappa shape index (κ2) is 12.6. The maximum absolute atomic E-state index is 13.9. The summed E-state index contributed by atoms with van der Waals surface area (Å²) in [4.78, 5) is 30.9. The number of amides is 3. The average molecular weight is 540 g/mol. The highest BCUT2D eigenvalue weighted by Crippen LogP contribution is 2.37. The van der Waals surface area contributed by atoms with Crippen LogP contribution in [0, 0.1) is 5.82 Å². The van der Waals surface area contributed by atoms with Gasteiger partial charge < -0.3 is 19.7 Å². The van der Waals surface area contributed by atoms with Crippen molar-refractivity contribution >= 4 is 17.6 Å². The monoisotopic (exact) mass is 539 g/mol. The Morgan fingerprint density at radius 3 is 2.49 bits per heavy atom. The van der Waals surface area contributed by atoms with E-state index in [1.54, 1.807) is 24.1 Å². The number of methoxy groups -OCH3 is 1. The first kappa shape index (κ1) is 28.5. The summed E-state index contributed by atoms with van der Waals surface area (Å²) in [6, 6.07) is 12.9. The quantitative estimate of drug-likeness (QED) is 0.554. The largest absolute Gasteiger partial charge is 0.496 e. The second-order valence-electron chi connectivity index (χ2n) is 10.8. The molecule has 2 aromatic carbocycles. The normalized spacial score (nSPS) is 18.0. The maximum Gasteiger partial charge on any atom is 0.318 e. The Kier molecular flexibility index (Phi) is 9.19. The highest BCUT2D eigenvalue weighted by molar-refractivity contribution is 6.03. The molecule has 2 heterocycles. The number of para-hydroxylation sites is 1. The number of nitrogens with zero attached hydrogens (tertiary/aromatic N) is 4. The van der Waals surface area contributed by atoms with Crippen LogP contribution in [0.15, 0.2) is 53.6 Å². The Bertz CT molecular complexity index is 1170. The lowest BCUT2D eigenvalue weighted by molar-refractivity contribution is -0.133. The van der Waals surface area contributed by atoms with E-state index in [1.165, 1.54) is 17.1 Å². The molecule has 0 bridgehead atoms. The number of benzene rings is 2. The van der Waals surface area contributed by atoms with Crippen LogP contribution in [0.3, 0.4) is 0 Å². The first-order valence-corrected chi connectivity index (χ1v) is 13.3. The molecular weight excluding hydrogens is 501 g/mol. The first-order valence-electron chi connectivity index (χ1n) is 13.3. The number of ether oxygens (including phenoxy) is 2. The fourth-order valence-electron chi connectivity index (χ4n) is 4.72. The molecule has 2 aromatic rings. The second-order valence-corrected chi connectivity index (χ2v) is 10.8. The van der Waals surface area contributed by atoms with Gasteiger partial charge in [0.15, 0.2) is 0 Å². The Balaban J connectivity index is 1.59. The van der Waals surface area contributed by atoms with E-state index < -0.39 is 11.6 Å². The van der Waals surface area contributed by atoms with E-state index in [1.807, 2.05) is 45.0 Å². The van der Waals surface area contributed by atoms with Gasteiger partial charge in [-0.2, -0.15) is 5.10 Å². The van der Waals surface area contributed by atoms with Crippen LogP contribution < -0.4 is 10.1 Å². The zero-order valence-electron chi connectivity index (χ0n) is 23.2. The van der Waals surface area contributed by atoms with E-state index in [0.29, 0.717) is 44.2 Å². The van der Waals surface area contributed by atoms with Gasteiger partial charge in [-0.25, -0.2) is 14.2 Å². The molecule has 3 amide bonds. The van der Waals surface area contributed by atoms with Gasteiger partial charge in [0.2, 0.25) is 0 Å². The molecule has 0 aliphatic carbocycles. The van der Waals surface area contributed by atoms with Crippen molar-refractivity contribution in [3.63, 3.8) is 0 Å². The van der Waals surface area contributed by atoms with E-state index in [2.05, 4.69) is 10.2 Å². The molecule has 0 saturated carbocycles. The van der Waals surface area contributed by atoms with E-state index in [-0.39, 0.29) is 24.3 Å². The molecule has 0 spiro atoms. The molecule has 9 nitrogen and oxygen atoms in total. The molecule has 1 atom stereocenters. The van der Waals surface area contributed by atoms with Crippen LogP contribution in [0.1, 0.15) is 44.4 Å². The van der Waals surface area contributed by atoms with Gasteiger partial charge >= 0.3 is 6.03 Å². The van der Waals surface area contributed by atoms with Crippen LogP contribution in [0.25, 0.3) is 0 Å². The highest BCUT2D eigenvalue weighted by Gasteiger charge is 2.36. The molecule has 39 heavy (non-hydrogen) atoms. The van der Waals surface area contributed by atoms with Gasteiger partial charge in [0.05, 0.1) is 32.1 Å². The molecule has 0 aromatic heterocycles. The van der Waals surface area contributed by atoms with Crippen LogP contribution in [0.5, 0.6) is 5.75 Å². The third-order valence-corrected chi connectivity index (χ3v) is 6.73. The van der Waals surface area contributed by atoms with Crippen molar-refractivity contribution in [3.8, 4) is 5.75 Å². The topological polar surface area (TPSA) is 86.7 Å². The fraction of sp³-hybridized carbons (Fsp3) is 0.483. The summed E-state index contributed by atoms with van der Waals surface area (Å²) in [6.45, 7) is 9.48. The van der Waals surface area contributed by atoms with Crippen LogP contribution in [0.4, 0.5) is 9.18 Å². The van der Waals surface area contributed by atoms with Gasteiger partial charge in [0.25, 0.3) is 5.91 Å². The van der Waals surface area contributed by atoms with Crippen LogP contribution in [0.2, 0.25) is 0 Å². The SMILES string of the molecule is COc1ccccc1C1CC(c2ccc(F)cc2)=NN1C(=O)CN(CCN1CCOCC1)C(=O)NC(C)(C)C. The van der Waals surface area contributed by atoms with Crippen molar-refractivity contribution in [2.24, 2.45) is 5.10 Å². The minimum Gasteiger partial charge on any atom is -0.496 e. The molecule has 1 saturated heterocycles. The summed E-state index contributed by atoms with van der Waals surface area (Å²) in [7, 11) is 1.59. The van der Waals surface area contributed by atoms with Crippen molar-refractivity contribution < 1.29 is 23.5 Å². The summed E-state index contributed by atoms with van der Waals surface area (Å²) in [6.07, 6.45) is 0.430. The van der Waals surface area contributed by atoms with E-state index >= 15 is 0 Å². The number of urea groups is 1. The number of carbonyl (C=O) groups excluding carboxylic acids is 2. The number of nitrogens with one attached hydrogen (secondary N) is 1. The van der Waals surface area contributed by atoms with Crippen molar-refractivity contribution in [1.29, 1.82) is 0 Å². The Morgan fingerprint density at radius 2 is 1.82 bits per heavy atom. The van der Waals surface area contributed by atoms with Gasteiger partial charge in [-0.15, -0.1) is 0 Å². The smallest absolute Gasteiger partial charge is 0.318 e. The van der Waals surface area contributed by atoms with E-state index in [4.69, 9.17) is 14.6 Å². The lowest BCUT2D eigenvalue weighted by atomic mass is 9.97. The molecule has 4 rings (SSSR count). The predicted octanol–water partition coefficient (Wildman–Crippen LogP) is 3.65. The molecule has 0 radical (unpaired) electrons. The Labute approximate surface area is 229 Å². The minimum absolute atomic E-state index is 0.141. The predicted molar refractivity (Wildman–Crippen MR) is 147 cm³/mol. The Morgan fingerprint density at radius 1 is 1.13 bits per heavy atom. The van der Waals surface area contributed by atoms with E-state index in [9.17, 15) is 14.0 Å². The summed E-state index contributed by atoms with van der Waals surface area (Å²) in [5.41, 5.74) is 1.76. The molecule has 10 heteroatoms. The Hall–Kier alpha value is -3.50. The van der Waals surface area contributed by atoms with Crippen molar-refractivity contribution in [2.45, 2.75) is 38.8 Å². The van der Waals surface area contributed by atoms with Gasteiger partial charge in [0, 0.05) is 43.7 Å². The lowest BCUT2D eigenvalue weighted by Crippen LogP contribution is -2.53. The number of rotatable bonds is 8. The zero-order valence-corrected chi connectivity index (χ0v) is 23.2. The molecule has 2 aliphatic heterocycles. The highest BCUT2D eigenvalue weighted by atomic mass is 19.1. The molecular formula is C29H38FN5O4. The molecule has 2 aliphatic rings. The van der Waals surface area contributed by atoms with Crippen molar-refractivity contribution in [3.05, 3.63) is 65.5 Å². The average Bonchev–Trinajstić information content (AvgIpc) is 3.36. The van der Waals surface area contributed by atoms with E-state index in [0.717, 1.165) is 24.2 Å². The molecule has 1 unspecified atom stereocenters. The summed E-state index contributed by atoms with van der Waals surface area (Å²) >= 11 is 0. The third-order valence-electron chi connectivity index (χ3n) is 6.73. The third kappa shape index (κ3) is 7.54. The molecule has 1 fully saturated rings. The van der Waals surface area contributed by atoms with Gasteiger partial charge in [0.1, 0.15) is 18.1 Å². The van der Waals surface area contributed by atoms with Gasteiger partial charge in [-0.3, -0.25) is 9.69 Å². The number of hydrogen-bond donors (Lipinski definition) is 1.